The standard InChI is InChI=1S/C22H29N9O9P2S2/c1-3-11-17(22(2,7-36-41(33,34)43)38-21(11)31-10-27-16-18(23)24-8-25-19(16)31)40-42(35,44)39-14-5-4-13(37-14)30-9-26-15-12(30)6-28-29-20(15)32/h6,8-11,13-14,17,21H,3-5,7H2,1-2H3,(H,29,32)(H,35,44)(H2,23,24,25)(H2,33,34,43)/t11-,13-,14-,17+,21-,22?,42?/m1/s1. The maximum absolute atomic E-state index is 13.8. The number of nitrogens with two attached hydrogens (primary N) is 1. The highest BCUT2D eigenvalue weighted by atomic mass is 32.7. The van der Waals surface area contributed by atoms with E-state index in [2.05, 4.69) is 54.6 Å². The van der Waals surface area contributed by atoms with Crippen molar-refractivity contribution in [2.45, 2.75) is 63.6 Å². The average molecular weight is 690 g/mol. The Morgan fingerprint density at radius 3 is 2.66 bits per heavy atom. The largest absolute Gasteiger partial charge is 0.388 e. The van der Waals surface area contributed by atoms with Gasteiger partial charge in [-0.3, -0.25) is 22.9 Å². The van der Waals surface area contributed by atoms with Gasteiger partial charge in [-0.05, 0) is 19.8 Å². The van der Waals surface area contributed by atoms with Crippen molar-refractivity contribution in [3.63, 3.8) is 0 Å². The van der Waals surface area contributed by atoms with Crippen LogP contribution < -0.4 is 11.3 Å². The molecule has 0 amide bonds. The molecule has 2 fully saturated rings. The predicted octanol–water partition coefficient (Wildman–Crippen LogP) is 2.98. The Kier molecular flexibility index (Phi) is 8.45. The molecule has 6 heterocycles. The smallest absolute Gasteiger partial charge is 0.382 e. The van der Waals surface area contributed by atoms with E-state index in [0.717, 1.165) is 0 Å². The lowest BCUT2D eigenvalue weighted by Crippen LogP contribution is -2.43. The molecule has 44 heavy (non-hydrogen) atoms. The van der Waals surface area contributed by atoms with Crippen molar-refractivity contribution >= 4 is 66.1 Å². The molecule has 0 aromatic carbocycles. The summed E-state index contributed by atoms with van der Waals surface area (Å²) in [6, 6.07) is 0. The number of rotatable bonds is 10. The number of nitrogen functional groups attached to an aromatic ring is 1. The number of thiol groups is 2. The number of fused-ring (bicyclic) bond motifs is 2. The van der Waals surface area contributed by atoms with Crippen LogP contribution in [0.5, 0.6) is 0 Å². The average Bonchev–Trinajstić information content (AvgIpc) is 3.73. The van der Waals surface area contributed by atoms with Gasteiger partial charge in [-0.2, -0.15) is 5.10 Å². The van der Waals surface area contributed by atoms with E-state index in [1.165, 1.54) is 25.2 Å². The van der Waals surface area contributed by atoms with Gasteiger partial charge in [-0.15, -0.1) is 0 Å². The minimum Gasteiger partial charge on any atom is -0.382 e. The lowest BCUT2D eigenvalue weighted by molar-refractivity contribution is -0.118. The summed E-state index contributed by atoms with van der Waals surface area (Å²) in [5.74, 6) is -0.357. The van der Waals surface area contributed by atoms with Crippen LogP contribution in [0.2, 0.25) is 0 Å². The summed E-state index contributed by atoms with van der Waals surface area (Å²) in [5.41, 5.74) is 5.48. The van der Waals surface area contributed by atoms with Crippen LogP contribution in [-0.2, 0) is 32.2 Å². The van der Waals surface area contributed by atoms with Gasteiger partial charge in [0.1, 0.15) is 36.0 Å². The molecule has 0 aliphatic carbocycles. The summed E-state index contributed by atoms with van der Waals surface area (Å²) < 4.78 is 58.3. The minimum atomic E-state index is -4.24. The first-order valence-corrected chi connectivity index (χ1v) is 18.8. The first-order valence-electron chi connectivity index (χ1n) is 13.3. The number of aromatic amines is 1. The van der Waals surface area contributed by atoms with Crippen LogP contribution in [0.4, 0.5) is 5.82 Å². The molecule has 2 aliphatic rings. The van der Waals surface area contributed by atoms with Crippen LogP contribution in [0.15, 0.2) is 30.0 Å². The SMILES string of the molecule is CC[C@H]1[C@H](n2cnc3c(N)ncnc32)OC(C)(COP(=O)(O)S)[C@H]1OP(=O)(S)O[C@@H]1CC[C@H](n2cnc3c(=O)[nH]ncc32)O1. The van der Waals surface area contributed by atoms with Crippen LogP contribution in [0.25, 0.3) is 22.2 Å². The molecule has 2 aliphatic heterocycles. The van der Waals surface area contributed by atoms with Crippen molar-refractivity contribution in [2.24, 2.45) is 5.92 Å². The number of nitrogens with zero attached hydrogens (tertiary/aromatic N) is 7. The molecular weight excluding hydrogens is 660 g/mol. The molecule has 238 valence electrons. The first kappa shape index (κ1) is 31.6. The molecular formula is C22H29N9O9P2S2. The van der Waals surface area contributed by atoms with E-state index in [-0.39, 0.29) is 11.3 Å². The molecule has 6 rings (SSSR count). The van der Waals surface area contributed by atoms with E-state index in [4.69, 9.17) is 28.8 Å². The van der Waals surface area contributed by atoms with Gasteiger partial charge >= 0.3 is 13.6 Å². The molecule has 2 saturated heterocycles. The van der Waals surface area contributed by atoms with E-state index in [0.29, 0.717) is 35.9 Å². The van der Waals surface area contributed by atoms with Gasteiger partial charge in [0.05, 0.1) is 31.0 Å². The van der Waals surface area contributed by atoms with Crippen molar-refractivity contribution in [1.29, 1.82) is 0 Å². The van der Waals surface area contributed by atoms with Crippen molar-refractivity contribution in [2.75, 3.05) is 12.3 Å². The molecule has 0 saturated carbocycles. The van der Waals surface area contributed by atoms with Gasteiger partial charge in [0.15, 0.2) is 23.3 Å². The zero-order valence-electron chi connectivity index (χ0n) is 23.2. The molecule has 4 aromatic rings. The summed E-state index contributed by atoms with van der Waals surface area (Å²) >= 11 is 7.87. The molecule has 22 heteroatoms. The highest BCUT2D eigenvalue weighted by molar-refractivity contribution is 8.44. The molecule has 4 aromatic heterocycles. The Balaban J connectivity index is 1.24. The Morgan fingerprint density at radius 1 is 1.16 bits per heavy atom. The Labute approximate surface area is 259 Å². The molecule has 0 radical (unpaired) electrons. The number of anilines is 1. The number of nitrogens with one attached hydrogen (secondary N) is 1. The maximum atomic E-state index is 13.8. The zero-order chi connectivity index (χ0) is 31.4. The van der Waals surface area contributed by atoms with Gasteiger partial charge in [0, 0.05) is 12.3 Å². The second-order valence-electron chi connectivity index (χ2n) is 10.5. The number of imidazole rings is 2. The van der Waals surface area contributed by atoms with Gasteiger partial charge < -0.3 is 24.7 Å². The van der Waals surface area contributed by atoms with Gasteiger partial charge in [-0.1, -0.05) is 31.4 Å². The monoisotopic (exact) mass is 689 g/mol. The summed E-state index contributed by atoms with van der Waals surface area (Å²) in [6.07, 6.45) is 3.48. The minimum absolute atomic E-state index is 0.171. The topological polar surface area (TPSA) is 234 Å². The lowest BCUT2D eigenvalue weighted by atomic mass is 9.90. The van der Waals surface area contributed by atoms with E-state index >= 15 is 0 Å². The third-order valence-corrected chi connectivity index (χ3v) is 9.94. The quantitative estimate of drug-likeness (QED) is 0.119. The van der Waals surface area contributed by atoms with E-state index in [1.807, 2.05) is 6.92 Å². The van der Waals surface area contributed by atoms with Crippen LogP contribution in [0.3, 0.4) is 0 Å². The first-order chi connectivity index (χ1) is 20.8. The summed E-state index contributed by atoms with van der Waals surface area (Å²) in [6.45, 7) is -5.43. The Morgan fingerprint density at radius 2 is 1.91 bits per heavy atom. The van der Waals surface area contributed by atoms with Crippen molar-refractivity contribution < 1.29 is 37.1 Å². The van der Waals surface area contributed by atoms with Gasteiger partial charge in [0.2, 0.25) is 0 Å². The van der Waals surface area contributed by atoms with Crippen molar-refractivity contribution in [3.05, 3.63) is 35.5 Å². The number of H-pyrrole nitrogens is 1. The van der Waals surface area contributed by atoms with Gasteiger partial charge in [-0.25, -0.2) is 34.2 Å². The number of hydrogen-bond donors (Lipinski definition) is 5. The van der Waals surface area contributed by atoms with E-state index in [9.17, 15) is 18.8 Å². The lowest BCUT2D eigenvalue weighted by Gasteiger charge is -2.33. The number of ether oxygens (including phenoxy) is 2. The van der Waals surface area contributed by atoms with Crippen molar-refractivity contribution in [3.8, 4) is 0 Å². The fraction of sp³-hybridized carbons (Fsp3) is 0.545. The zero-order valence-corrected chi connectivity index (χ0v) is 26.8. The fourth-order valence-corrected chi connectivity index (χ4v) is 7.97. The van der Waals surface area contributed by atoms with Crippen LogP contribution in [-0.4, -0.2) is 68.8 Å². The molecule has 4 N–H and O–H groups in total. The Bertz CT molecular complexity index is 1850. The number of hydrogen-bond acceptors (Lipinski definition) is 14. The van der Waals surface area contributed by atoms with E-state index < -0.39 is 62.1 Å². The Hall–Kier alpha value is -2.38. The summed E-state index contributed by atoms with van der Waals surface area (Å²) in [5, 5.41) is 6.14. The molecule has 0 spiro atoms. The second kappa shape index (κ2) is 11.8. The summed E-state index contributed by atoms with van der Waals surface area (Å²) in [7, 11) is 0. The fourth-order valence-electron chi connectivity index (χ4n) is 5.58. The van der Waals surface area contributed by atoms with Crippen LogP contribution >= 0.6 is 38.1 Å². The predicted molar refractivity (Wildman–Crippen MR) is 161 cm³/mol. The number of aromatic nitrogens is 8. The van der Waals surface area contributed by atoms with Crippen LogP contribution in [0, 0.1) is 5.92 Å². The molecule has 3 unspecified atom stereocenters. The molecule has 8 atom stereocenters. The van der Waals surface area contributed by atoms with Crippen LogP contribution in [0.1, 0.15) is 45.6 Å². The van der Waals surface area contributed by atoms with Gasteiger partial charge in [0.25, 0.3) is 5.56 Å². The highest BCUT2D eigenvalue weighted by Crippen LogP contribution is 2.61. The van der Waals surface area contributed by atoms with Crippen molar-refractivity contribution in [1.82, 2.24) is 39.3 Å². The maximum Gasteiger partial charge on any atom is 0.388 e. The third-order valence-electron chi connectivity index (χ3n) is 7.56. The third kappa shape index (κ3) is 6.08. The highest BCUT2D eigenvalue weighted by Gasteiger charge is 2.56. The second-order valence-corrected chi connectivity index (χ2v) is 16.1. The summed E-state index contributed by atoms with van der Waals surface area (Å²) in [4.78, 5) is 38.4. The molecule has 0 bridgehead atoms. The normalized spacial score (nSPS) is 30.2. The molecule has 18 nitrogen and oxygen atoms in total. The van der Waals surface area contributed by atoms with E-state index in [1.54, 1.807) is 16.1 Å².